The number of urea groups is 1. The third-order valence-corrected chi connectivity index (χ3v) is 4.32. The lowest BCUT2D eigenvalue weighted by atomic mass is 10.2. The predicted molar refractivity (Wildman–Crippen MR) is 110 cm³/mol. The summed E-state index contributed by atoms with van der Waals surface area (Å²) in [6, 6.07) is 16.3. The Morgan fingerprint density at radius 3 is 2.53 bits per heavy atom. The van der Waals surface area contributed by atoms with Gasteiger partial charge in [-0.05, 0) is 29.8 Å². The summed E-state index contributed by atoms with van der Waals surface area (Å²) in [5, 5.41) is 9.32. The van der Waals surface area contributed by atoms with E-state index in [1.165, 1.54) is 4.90 Å². The van der Waals surface area contributed by atoms with Gasteiger partial charge in [0.05, 0.1) is 7.11 Å². The molecule has 2 aromatic carbocycles. The third-order valence-electron chi connectivity index (χ3n) is 4.32. The minimum atomic E-state index is -0.441. The van der Waals surface area contributed by atoms with E-state index in [0.29, 0.717) is 36.8 Å². The molecule has 3 amide bonds. The summed E-state index contributed by atoms with van der Waals surface area (Å²) in [6.07, 6.45) is 0.349. The molecular formula is C21H23N5O4. The molecule has 9 nitrogen and oxygen atoms in total. The molecule has 1 heterocycles. The quantitative estimate of drug-likeness (QED) is 0.592. The van der Waals surface area contributed by atoms with E-state index in [9.17, 15) is 9.59 Å². The summed E-state index contributed by atoms with van der Waals surface area (Å²) in [4.78, 5) is 30.0. The zero-order valence-electron chi connectivity index (χ0n) is 16.8. The minimum absolute atomic E-state index is 0.105. The molecular weight excluding hydrogens is 386 g/mol. The number of methoxy groups -OCH3 is 1. The van der Waals surface area contributed by atoms with Gasteiger partial charge in [-0.2, -0.15) is 4.98 Å². The lowest BCUT2D eigenvalue weighted by molar-refractivity contribution is 0.0907. The molecule has 0 bridgehead atoms. The molecule has 0 saturated carbocycles. The lowest BCUT2D eigenvalue weighted by Crippen LogP contribution is -2.33. The summed E-state index contributed by atoms with van der Waals surface area (Å²) in [5.74, 6) is 0.514. The largest absolute Gasteiger partial charge is 0.497 e. The molecule has 0 radical (unpaired) electrons. The van der Waals surface area contributed by atoms with Crippen LogP contribution in [0.25, 0.3) is 0 Å². The second-order valence-corrected chi connectivity index (χ2v) is 6.51. The van der Waals surface area contributed by atoms with Crippen LogP contribution in [0.15, 0.2) is 59.1 Å². The standard InChI is InChI=1S/C21H23N5O4/c1-26(21(28)23-16-8-10-17(29-2)11-9-16)13-12-18-24-20(30-25-18)19(27)22-14-15-6-4-3-5-7-15/h3-11H,12-14H2,1-2H3,(H,22,27)(H,23,28). The van der Waals surface area contributed by atoms with Crippen molar-refractivity contribution >= 4 is 17.6 Å². The topological polar surface area (TPSA) is 110 Å². The zero-order valence-corrected chi connectivity index (χ0v) is 16.8. The van der Waals surface area contributed by atoms with E-state index >= 15 is 0 Å². The maximum Gasteiger partial charge on any atom is 0.321 e. The number of nitrogens with one attached hydrogen (secondary N) is 2. The second kappa shape index (κ2) is 10.1. The molecule has 0 aliphatic heterocycles. The number of amides is 3. The van der Waals surface area contributed by atoms with Crippen LogP contribution in [0.2, 0.25) is 0 Å². The van der Waals surface area contributed by atoms with E-state index in [1.807, 2.05) is 30.3 Å². The van der Waals surface area contributed by atoms with E-state index < -0.39 is 5.91 Å². The predicted octanol–water partition coefficient (Wildman–Crippen LogP) is 2.71. The van der Waals surface area contributed by atoms with Crippen molar-refractivity contribution in [3.05, 3.63) is 71.9 Å². The van der Waals surface area contributed by atoms with Gasteiger partial charge in [0.2, 0.25) is 0 Å². The second-order valence-electron chi connectivity index (χ2n) is 6.51. The van der Waals surface area contributed by atoms with E-state index in [0.717, 1.165) is 5.56 Å². The van der Waals surface area contributed by atoms with Gasteiger partial charge in [0.1, 0.15) is 5.75 Å². The Morgan fingerprint density at radius 2 is 1.83 bits per heavy atom. The molecule has 3 aromatic rings. The monoisotopic (exact) mass is 409 g/mol. The number of likely N-dealkylation sites (N-methyl/N-ethyl adjacent to an activating group) is 1. The minimum Gasteiger partial charge on any atom is -0.497 e. The first-order valence-corrected chi connectivity index (χ1v) is 9.36. The summed E-state index contributed by atoms with van der Waals surface area (Å²) >= 11 is 0. The zero-order chi connectivity index (χ0) is 21.3. The van der Waals surface area contributed by atoms with Crippen molar-refractivity contribution in [2.45, 2.75) is 13.0 Å². The molecule has 0 fully saturated rings. The van der Waals surface area contributed by atoms with Crippen molar-refractivity contribution < 1.29 is 18.8 Å². The molecule has 30 heavy (non-hydrogen) atoms. The number of ether oxygens (including phenoxy) is 1. The highest BCUT2D eigenvalue weighted by Gasteiger charge is 2.16. The van der Waals surface area contributed by atoms with Gasteiger partial charge in [0, 0.05) is 32.2 Å². The van der Waals surface area contributed by atoms with E-state index in [4.69, 9.17) is 9.26 Å². The molecule has 0 aliphatic carbocycles. The van der Waals surface area contributed by atoms with Crippen LogP contribution in [0.4, 0.5) is 10.5 Å². The Balaban J connectivity index is 1.45. The van der Waals surface area contributed by atoms with Crippen molar-refractivity contribution in [1.29, 1.82) is 0 Å². The van der Waals surface area contributed by atoms with Crippen LogP contribution in [0, 0.1) is 0 Å². The molecule has 3 rings (SSSR count). The Labute approximate surface area is 174 Å². The molecule has 2 N–H and O–H groups in total. The van der Waals surface area contributed by atoms with Crippen LogP contribution >= 0.6 is 0 Å². The summed E-state index contributed by atoms with van der Waals surface area (Å²) in [7, 11) is 3.24. The van der Waals surface area contributed by atoms with Crippen LogP contribution < -0.4 is 15.4 Å². The maximum atomic E-state index is 12.3. The average molecular weight is 409 g/mol. The van der Waals surface area contributed by atoms with E-state index in [-0.39, 0.29) is 11.9 Å². The highest BCUT2D eigenvalue weighted by Crippen LogP contribution is 2.15. The highest BCUT2D eigenvalue weighted by atomic mass is 16.5. The number of hydrogen-bond acceptors (Lipinski definition) is 6. The van der Waals surface area contributed by atoms with E-state index in [1.54, 1.807) is 38.4 Å². The van der Waals surface area contributed by atoms with Gasteiger partial charge >= 0.3 is 17.8 Å². The van der Waals surface area contributed by atoms with Gasteiger partial charge in [-0.3, -0.25) is 4.79 Å². The first kappa shape index (κ1) is 20.8. The summed E-state index contributed by atoms with van der Waals surface area (Å²) in [6.45, 7) is 0.720. The van der Waals surface area contributed by atoms with Gasteiger partial charge in [0.15, 0.2) is 5.82 Å². The van der Waals surface area contributed by atoms with Gasteiger partial charge < -0.3 is 24.8 Å². The van der Waals surface area contributed by atoms with Crippen molar-refractivity contribution in [3.63, 3.8) is 0 Å². The molecule has 156 valence electrons. The smallest absolute Gasteiger partial charge is 0.321 e. The van der Waals surface area contributed by atoms with Crippen molar-refractivity contribution in [2.75, 3.05) is 26.0 Å². The average Bonchev–Trinajstić information content (AvgIpc) is 3.26. The van der Waals surface area contributed by atoms with Crippen molar-refractivity contribution in [3.8, 4) is 5.75 Å². The number of anilines is 1. The normalized spacial score (nSPS) is 10.3. The molecule has 0 spiro atoms. The molecule has 0 saturated heterocycles. The number of rotatable bonds is 8. The molecule has 0 atom stereocenters. The van der Waals surface area contributed by atoms with Crippen LogP contribution in [-0.2, 0) is 13.0 Å². The van der Waals surface area contributed by atoms with Crippen molar-refractivity contribution in [1.82, 2.24) is 20.4 Å². The Kier molecular flexibility index (Phi) is 6.99. The van der Waals surface area contributed by atoms with Crippen LogP contribution in [0.5, 0.6) is 5.75 Å². The fourth-order valence-electron chi connectivity index (χ4n) is 2.56. The van der Waals surface area contributed by atoms with Crippen molar-refractivity contribution in [2.24, 2.45) is 0 Å². The number of benzene rings is 2. The lowest BCUT2D eigenvalue weighted by Gasteiger charge is -2.17. The third kappa shape index (κ3) is 5.81. The van der Waals surface area contributed by atoms with E-state index in [2.05, 4.69) is 20.8 Å². The van der Waals surface area contributed by atoms with Gasteiger partial charge in [-0.15, -0.1) is 0 Å². The summed E-state index contributed by atoms with van der Waals surface area (Å²) in [5.41, 5.74) is 1.62. The SMILES string of the molecule is COc1ccc(NC(=O)N(C)CCc2noc(C(=O)NCc3ccccc3)n2)cc1. The van der Waals surface area contributed by atoms with Crippen LogP contribution in [-0.4, -0.2) is 47.7 Å². The number of aromatic nitrogens is 2. The Morgan fingerprint density at radius 1 is 1.10 bits per heavy atom. The van der Waals surface area contributed by atoms with Gasteiger partial charge in [-0.1, -0.05) is 35.5 Å². The fraction of sp³-hybridized carbons (Fsp3) is 0.238. The number of nitrogens with zero attached hydrogens (tertiary/aromatic N) is 3. The first-order chi connectivity index (χ1) is 14.5. The van der Waals surface area contributed by atoms with Gasteiger partial charge in [0.25, 0.3) is 0 Å². The molecule has 0 unspecified atom stereocenters. The highest BCUT2D eigenvalue weighted by molar-refractivity contribution is 5.89. The molecule has 9 heteroatoms. The fourth-order valence-corrected chi connectivity index (χ4v) is 2.56. The number of carbonyl (C=O) groups excluding carboxylic acids is 2. The van der Waals surface area contributed by atoms with Gasteiger partial charge in [-0.25, -0.2) is 4.79 Å². The number of carbonyl (C=O) groups is 2. The number of hydrogen-bond donors (Lipinski definition) is 2. The Bertz CT molecular complexity index is 973. The molecule has 0 aliphatic rings. The Hall–Kier alpha value is -3.88. The first-order valence-electron chi connectivity index (χ1n) is 9.36. The van der Waals surface area contributed by atoms with Crippen LogP contribution in [0.3, 0.4) is 0 Å². The summed E-state index contributed by atoms with van der Waals surface area (Å²) < 4.78 is 10.1. The molecule has 1 aromatic heterocycles. The maximum absolute atomic E-state index is 12.3. The van der Waals surface area contributed by atoms with Crippen LogP contribution in [0.1, 0.15) is 22.1 Å².